The Labute approximate surface area is 120 Å². The summed E-state index contributed by atoms with van der Waals surface area (Å²) in [5, 5.41) is 5.44. The fourth-order valence-corrected chi connectivity index (χ4v) is 3.37. The Morgan fingerprint density at radius 1 is 1.15 bits per heavy atom. The molecule has 0 aromatic heterocycles. The molecule has 1 aliphatic carbocycles. The Balaban J connectivity index is 1.70. The van der Waals surface area contributed by atoms with E-state index in [1.807, 2.05) is 0 Å². The van der Waals surface area contributed by atoms with E-state index in [0.29, 0.717) is 18.4 Å². The summed E-state index contributed by atoms with van der Waals surface area (Å²) in [7, 11) is 1.61. The summed E-state index contributed by atoms with van der Waals surface area (Å²) in [5.41, 5.74) is 0.442. The second kappa shape index (κ2) is 7.07. The highest BCUT2D eigenvalue weighted by molar-refractivity contribution is 5.80. The van der Waals surface area contributed by atoms with Crippen molar-refractivity contribution in [2.75, 3.05) is 26.8 Å². The fourth-order valence-electron chi connectivity index (χ4n) is 3.37. The molecule has 20 heavy (non-hydrogen) atoms. The number of carbonyl (C=O) groups is 2. The highest BCUT2D eigenvalue weighted by Gasteiger charge is 2.38. The van der Waals surface area contributed by atoms with Crippen molar-refractivity contribution in [2.24, 2.45) is 11.3 Å². The molecule has 1 saturated heterocycles. The Morgan fingerprint density at radius 2 is 1.80 bits per heavy atom. The molecule has 2 amide bonds. The third-order valence-electron chi connectivity index (χ3n) is 4.90. The van der Waals surface area contributed by atoms with Crippen molar-refractivity contribution in [1.82, 2.24) is 10.6 Å². The third-order valence-corrected chi connectivity index (χ3v) is 4.90. The van der Waals surface area contributed by atoms with Crippen LogP contribution in [0.5, 0.6) is 0 Å². The van der Waals surface area contributed by atoms with Gasteiger partial charge < -0.3 is 15.4 Å². The van der Waals surface area contributed by atoms with Crippen molar-refractivity contribution in [1.29, 1.82) is 0 Å². The topological polar surface area (TPSA) is 67.4 Å². The number of ether oxygens (including phenoxy) is 1. The molecule has 1 saturated carbocycles. The second-order valence-corrected chi connectivity index (χ2v) is 6.10. The summed E-state index contributed by atoms with van der Waals surface area (Å²) >= 11 is 0. The third kappa shape index (κ3) is 3.95. The van der Waals surface area contributed by atoms with Gasteiger partial charge in [-0.1, -0.05) is 0 Å². The van der Waals surface area contributed by atoms with Crippen molar-refractivity contribution >= 4 is 11.8 Å². The zero-order valence-corrected chi connectivity index (χ0v) is 12.4. The lowest BCUT2D eigenvalue weighted by Gasteiger charge is -2.42. The van der Waals surface area contributed by atoms with Gasteiger partial charge in [-0.2, -0.15) is 0 Å². The van der Waals surface area contributed by atoms with Crippen molar-refractivity contribution in [3.8, 4) is 0 Å². The molecule has 2 aliphatic rings. The molecular formula is C15H26N2O3. The normalized spacial score (nSPS) is 22.4. The zero-order chi connectivity index (χ0) is 14.4. The van der Waals surface area contributed by atoms with Gasteiger partial charge in [-0.15, -0.1) is 0 Å². The predicted octanol–water partition coefficient (Wildman–Crippen LogP) is 1.23. The molecule has 5 heteroatoms. The lowest BCUT2D eigenvalue weighted by molar-refractivity contribution is -0.127. The van der Waals surface area contributed by atoms with Crippen LogP contribution in [0.4, 0.5) is 0 Å². The molecule has 1 heterocycles. The quantitative estimate of drug-likeness (QED) is 0.815. The number of amides is 2. The van der Waals surface area contributed by atoms with Crippen LogP contribution in [-0.2, 0) is 14.3 Å². The molecule has 0 atom stereocenters. The minimum absolute atomic E-state index is 0.0323. The molecule has 0 unspecified atom stereocenters. The maximum absolute atomic E-state index is 12.1. The summed E-state index contributed by atoms with van der Waals surface area (Å²) < 4.78 is 5.44. The molecule has 1 aliphatic heterocycles. The first-order valence-electron chi connectivity index (χ1n) is 7.71. The molecule has 0 aromatic rings. The summed E-state index contributed by atoms with van der Waals surface area (Å²) in [4.78, 5) is 23.2. The van der Waals surface area contributed by atoms with Crippen LogP contribution in [-0.4, -0.2) is 38.6 Å². The molecule has 2 rings (SSSR count). The second-order valence-electron chi connectivity index (χ2n) is 6.10. The summed E-state index contributed by atoms with van der Waals surface area (Å²) in [6, 6.07) is 0. The largest absolute Gasteiger partial charge is 0.381 e. The molecule has 2 fully saturated rings. The molecule has 1 spiro atoms. The molecule has 0 bridgehead atoms. The highest BCUT2D eigenvalue weighted by atomic mass is 16.5. The Bertz CT molecular complexity index is 341. The average molecular weight is 282 g/mol. The van der Waals surface area contributed by atoms with E-state index < -0.39 is 0 Å². The van der Waals surface area contributed by atoms with Crippen LogP contribution in [0.2, 0.25) is 0 Å². The van der Waals surface area contributed by atoms with Crippen LogP contribution in [0.1, 0.15) is 44.9 Å². The van der Waals surface area contributed by atoms with E-state index in [2.05, 4.69) is 10.6 Å². The summed E-state index contributed by atoms with van der Waals surface area (Å²) in [5.74, 6) is 0.221. The van der Waals surface area contributed by atoms with Crippen molar-refractivity contribution in [3.05, 3.63) is 0 Å². The monoisotopic (exact) mass is 282 g/mol. The Morgan fingerprint density at radius 3 is 2.40 bits per heavy atom. The number of rotatable bonds is 4. The zero-order valence-electron chi connectivity index (χ0n) is 12.4. The van der Waals surface area contributed by atoms with Gasteiger partial charge >= 0.3 is 0 Å². The van der Waals surface area contributed by atoms with E-state index in [-0.39, 0.29) is 17.7 Å². The predicted molar refractivity (Wildman–Crippen MR) is 76.1 cm³/mol. The Kier molecular flexibility index (Phi) is 5.40. The maximum Gasteiger partial charge on any atom is 0.223 e. The number of nitrogens with one attached hydrogen (secondary N) is 2. The molecule has 0 radical (unpaired) electrons. The Hall–Kier alpha value is -1.10. The molecule has 5 nitrogen and oxygen atoms in total. The highest BCUT2D eigenvalue weighted by Crippen LogP contribution is 2.45. The average Bonchev–Trinajstić information content (AvgIpc) is 2.48. The van der Waals surface area contributed by atoms with Gasteiger partial charge in [0.25, 0.3) is 0 Å². The first-order valence-corrected chi connectivity index (χ1v) is 7.71. The maximum atomic E-state index is 12.1. The molecular weight excluding hydrogens is 256 g/mol. The van der Waals surface area contributed by atoms with E-state index in [1.165, 1.54) is 0 Å². The van der Waals surface area contributed by atoms with Gasteiger partial charge in [0, 0.05) is 39.1 Å². The fraction of sp³-hybridized carbons (Fsp3) is 0.867. The van der Waals surface area contributed by atoms with Gasteiger partial charge in [-0.3, -0.25) is 9.59 Å². The van der Waals surface area contributed by atoms with Crippen LogP contribution in [0.15, 0.2) is 0 Å². The van der Waals surface area contributed by atoms with Gasteiger partial charge in [0.1, 0.15) is 0 Å². The van der Waals surface area contributed by atoms with Crippen molar-refractivity contribution in [2.45, 2.75) is 44.9 Å². The van der Waals surface area contributed by atoms with Crippen LogP contribution in [0.25, 0.3) is 0 Å². The van der Waals surface area contributed by atoms with Crippen LogP contribution in [0, 0.1) is 11.3 Å². The first-order chi connectivity index (χ1) is 9.65. The SMILES string of the molecule is CNC(=O)CCNC(=O)C1CCC2(CCOCC2)CC1. The van der Waals surface area contributed by atoms with Gasteiger partial charge in [-0.25, -0.2) is 0 Å². The van der Waals surface area contributed by atoms with Crippen LogP contribution < -0.4 is 10.6 Å². The summed E-state index contributed by atoms with van der Waals surface area (Å²) in [6.45, 7) is 2.19. The van der Waals surface area contributed by atoms with E-state index in [4.69, 9.17) is 4.74 Å². The number of carbonyl (C=O) groups excluding carboxylic acids is 2. The van der Waals surface area contributed by atoms with Gasteiger partial charge in [0.05, 0.1) is 0 Å². The smallest absolute Gasteiger partial charge is 0.223 e. The van der Waals surface area contributed by atoms with E-state index in [9.17, 15) is 9.59 Å². The van der Waals surface area contributed by atoms with E-state index >= 15 is 0 Å². The van der Waals surface area contributed by atoms with E-state index in [0.717, 1.165) is 51.7 Å². The van der Waals surface area contributed by atoms with Crippen molar-refractivity contribution < 1.29 is 14.3 Å². The molecule has 0 aromatic carbocycles. The first kappa shape index (κ1) is 15.3. The van der Waals surface area contributed by atoms with Gasteiger partial charge in [-0.05, 0) is 43.9 Å². The summed E-state index contributed by atoms with van der Waals surface area (Å²) in [6.07, 6.45) is 6.90. The van der Waals surface area contributed by atoms with Crippen LogP contribution in [0.3, 0.4) is 0 Å². The van der Waals surface area contributed by atoms with Crippen LogP contribution >= 0.6 is 0 Å². The molecule has 114 valence electrons. The molecule has 2 N–H and O–H groups in total. The van der Waals surface area contributed by atoms with Crippen molar-refractivity contribution in [3.63, 3.8) is 0 Å². The number of hydrogen-bond donors (Lipinski definition) is 2. The lowest BCUT2D eigenvalue weighted by Crippen LogP contribution is -2.39. The minimum atomic E-state index is -0.0323. The van der Waals surface area contributed by atoms with E-state index in [1.54, 1.807) is 7.05 Å². The number of hydrogen-bond acceptors (Lipinski definition) is 3. The minimum Gasteiger partial charge on any atom is -0.381 e. The van der Waals surface area contributed by atoms with Gasteiger partial charge in [0.2, 0.25) is 11.8 Å². The standard InChI is InChI=1S/C15H26N2O3/c1-16-13(18)4-9-17-14(19)12-2-5-15(6-3-12)7-10-20-11-8-15/h12H,2-11H2,1H3,(H,16,18)(H,17,19). The lowest BCUT2D eigenvalue weighted by atomic mass is 9.66. The van der Waals surface area contributed by atoms with Gasteiger partial charge in [0.15, 0.2) is 0 Å².